The monoisotopic (exact) mass is 792 g/mol. The molecule has 1 unspecified atom stereocenters. The van der Waals surface area contributed by atoms with E-state index >= 15 is 0 Å². The van der Waals surface area contributed by atoms with E-state index in [1.54, 1.807) is 0 Å². The molecule has 6 rings (SSSR count). The zero-order valence-electron chi connectivity index (χ0n) is 32.7. The Bertz CT molecular complexity index is 2090. The molecule has 54 heavy (non-hydrogen) atoms. The van der Waals surface area contributed by atoms with Crippen molar-refractivity contribution in [2.45, 2.75) is 122 Å². The quantitative estimate of drug-likeness (QED) is 0.0829. The Labute approximate surface area is 332 Å². The van der Waals surface area contributed by atoms with Crippen LogP contribution in [0.25, 0.3) is 21.5 Å². The summed E-state index contributed by atoms with van der Waals surface area (Å²) in [5, 5.41) is 24.6. The van der Waals surface area contributed by atoms with Gasteiger partial charge in [-0.25, -0.2) is 4.79 Å². The molecule has 0 bridgehead atoms. The molecular weight excluding hydrogens is 736 g/mol. The molecule has 0 saturated heterocycles. The molecule has 0 radical (unpaired) electrons. The lowest BCUT2D eigenvalue weighted by Gasteiger charge is -2.32. The average Bonchev–Trinajstić information content (AvgIpc) is 3.49. The fraction of sp³-hybridized carbons (Fsp3) is 0.426. The van der Waals surface area contributed by atoms with E-state index in [9.17, 15) is 14.7 Å². The molecule has 286 valence electrons. The second-order valence-electron chi connectivity index (χ2n) is 16.0. The lowest BCUT2D eigenvalue weighted by Crippen LogP contribution is -3.00. The summed E-state index contributed by atoms with van der Waals surface area (Å²) in [4.78, 5) is 26.2. The number of halogens is 1. The van der Waals surface area contributed by atoms with E-state index in [1.807, 2.05) is 0 Å². The largest absolute Gasteiger partial charge is 1.00 e. The minimum absolute atomic E-state index is 0. The lowest BCUT2D eigenvalue weighted by molar-refractivity contribution is -0.438. The maximum Gasteiger partial charge on any atom is 0.326 e. The van der Waals surface area contributed by atoms with Gasteiger partial charge in [-0.2, -0.15) is 4.58 Å². The second-order valence-corrected chi connectivity index (χ2v) is 16.0. The van der Waals surface area contributed by atoms with Crippen molar-refractivity contribution >= 4 is 50.6 Å². The van der Waals surface area contributed by atoms with E-state index in [0.717, 1.165) is 81.1 Å². The van der Waals surface area contributed by atoms with Gasteiger partial charge in [0.05, 0.1) is 5.41 Å². The van der Waals surface area contributed by atoms with Crippen LogP contribution in [0.15, 0.2) is 96.7 Å². The number of carbonyl (C=O) groups is 2. The Kier molecular flexibility index (Phi) is 13.3. The van der Waals surface area contributed by atoms with E-state index in [4.69, 9.17) is 5.11 Å². The van der Waals surface area contributed by atoms with Crippen LogP contribution in [0.3, 0.4) is 0 Å². The van der Waals surface area contributed by atoms with E-state index in [1.165, 1.54) is 38.7 Å². The number of nitrogens with zero attached hydrogens (tertiary/aromatic N) is 2. The van der Waals surface area contributed by atoms with Crippen molar-refractivity contribution in [2.24, 2.45) is 0 Å². The number of anilines is 1. The lowest BCUT2D eigenvalue weighted by atomic mass is 9.79. The molecule has 4 aromatic carbocycles. The van der Waals surface area contributed by atoms with Crippen LogP contribution in [-0.4, -0.2) is 45.0 Å². The van der Waals surface area contributed by atoms with E-state index in [0.29, 0.717) is 6.42 Å². The molecule has 0 aliphatic carbocycles. The first kappa shape index (κ1) is 40.9. The van der Waals surface area contributed by atoms with Gasteiger partial charge in [-0.05, 0) is 78.4 Å². The van der Waals surface area contributed by atoms with Crippen LogP contribution in [0, 0.1) is 0 Å². The van der Waals surface area contributed by atoms with Crippen LogP contribution in [0.4, 0.5) is 11.4 Å². The molecule has 6 nitrogen and oxygen atoms in total. The van der Waals surface area contributed by atoms with Crippen LogP contribution >= 0.6 is 0 Å². The standard InChI is InChI=1S/C47H56N2O4.BrH/c1-6-7-8-12-24-39(45(52)53)49-38-31-29-34-21-15-17-23-36(34)44(38)47(4,5)41(49)26-19-25-40-46(2,3)43-35-22-16-14-20-33(35)28-30-37(43)48(40)32-18-11-9-10-13-27-42(50)51;/h14-17,19-23,25-26,28-31,39H,6-13,18,24,27,32H2,1-5H3,(H-,50,51,52,53);1H. The van der Waals surface area contributed by atoms with Crippen LogP contribution in [-0.2, 0) is 20.4 Å². The van der Waals surface area contributed by atoms with Crippen LogP contribution in [0.2, 0.25) is 0 Å². The van der Waals surface area contributed by atoms with Gasteiger partial charge in [0.25, 0.3) is 0 Å². The highest BCUT2D eigenvalue weighted by Crippen LogP contribution is 2.52. The van der Waals surface area contributed by atoms with Crippen molar-refractivity contribution in [3.8, 4) is 0 Å². The second kappa shape index (κ2) is 17.5. The average molecular weight is 794 g/mol. The Hall–Kier alpha value is -4.23. The van der Waals surface area contributed by atoms with Gasteiger partial charge >= 0.3 is 11.9 Å². The van der Waals surface area contributed by atoms with Gasteiger partial charge in [-0.3, -0.25) is 4.79 Å². The van der Waals surface area contributed by atoms with Crippen molar-refractivity contribution < 1.29 is 41.4 Å². The third-order valence-electron chi connectivity index (χ3n) is 11.7. The van der Waals surface area contributed by atoms with Crippen molar-refractivity contribution in [1.82, 2.24) is 0 Å². The number of hydrogen-bond donors (Lipinski definition) is 2. The molecule has 2 N–H and O–H groups in total. The highest BCUT2D eigenvalue weighted by atomic mass is 79.9. The summed E-state index contributed by atoms with van der Waals surface area (Å²) >= 11 is 0. The number of carboxylic acid groups (broad SMARTS) is 2. The summed E-state index contributed by atoms with van der Waals surface area (Å²) in [5.41, 5.74) is 6.31. The molecule has 0 saturated carbocycles. The third-order valence-corrected chi connectivity index (χ3v) is 11.7. The van der Waals surface area contributed by atoms with Gasteiger partial charge in [-0.15, -0.1) is 0 Å². The van der Waals surface area contributed by atoms with E-state index in [2.05, 4.69) is 135 Å². The minimum Gasteiger partial charge on any atom is -1.00 e. The first-order chi connectivity index (χ1) is 25.5. The predicted octanol–water partition coefficient (Wildman–Crippen LogP) is 8.46. The summed E-state index contributed by atoms with van der Waals surface area (Å²) in [5.74, 6) is -1.50. The van der Waals surface area contributed by atoms with Crippen LogP contribution in [0.1, 0.15) is 116 Å². The number of carboxylic acids is 2. The molecule has 2 aliphatic heterocycles. The van der Waals surface area contributed by atoms with Gasteiger partial charge in [0, 0.05) is 47.3 Å². The Morgan fingerprint density at radius 1 is 0.741 bits per heavy atom. The van der Waals surface area contributed by atoms with Gasteiger partial charge in [0.15, 0.2) is 5.71 Å². The number of hydrogen-bond acceptors (Lipinski definition) is 3. The van der Waals surface area contributed by atoms with Crippen LogP contribution in [0.5, 0.6) is 0 Å². The van der Waals surface area contributed by atoms with Gasteiger partial charge < -0.3 is 32.1 Å². The topological polar surface area (TPSA) is 80.8 Å². The summed E-state index contributed by atoms with van der Waals surface area (Å²) in [7, 11) is 0. The van der Waals surface area contributed by atoms with Crippen molar-refractivity contribution in [2.75, 3.05) is 11.4 Å². The van der Waals surface area contributed by atoms with E-state index in [-0.39, 0.29) is 28.8 Å². The summed E-state index contributed by atoms with van der Waals surface area (Å²) < 4.78 is 2.49. The summed E-state index contributed by atoms with van der Waals surface area (Å²) in [6.07, 6.45) is 16.3. The van der Waals surface area contributed by atoms with Gasteiger partial charge in [0.2, 0.25) is 5.69 Å². The number of allylic oxidation sites excluding steroid dienone is 4. The Balaban J connectivity index is 0.00000561. The molecule has 7 heteroatoms. The zero-order valence-corrected chi connectivity index (χ0v) is 34.3. The number of aliphatic carboxylic acids is 2. The Morgan fingerprint density at radius 2 is 1.35 bits per heavy atom. The fourth-order valence-corrected chi connectivity index (χ4v) is 9.01. The van der Waals surface area contributed by atoms with Crippen molar-refractivity contribution in [1.29, 1.82) is 0 Å². The minimum atomic E-state index is -0.782. The van der Waals surface area contributed by atoms with Crippen molar-refractivity contribution in [3.63, 3.8) is 0 Å². The van der Waals surface area contributed by atoms with Crippen LogP contribution < -0.4 is 21.9 Å². The highest BCUT2D eigenvalue weighted by Gasteiger charge is 2.47. The first-order valence-corrected chi connectivity index (χ1v) is 19.8. The molecule has 2 heterocycles. The number of fused-ring (bicyclic) bond motifs is 6. The summed E-state index contributed by atoms with van der Waals surface area (Å²) in [6, 6.07) is 25.2. The SMILES string of the molecule is CCCCCCC(C(=O)O)N1C(=CC=CC2=[N+](CCCCCCCC(=O)O)c3ccc4ccccc4c3C2(C)C)C(C)(C)c2c1ccc1ccccc21.[Br-]. The number of benzene rings is 4. The number of rotatable bonds is 17. The maximum atomic E-state index is 13.1. The van der Waals surface area contributed by atoms with E-state index < -0.39 is 23.4 Å². The van der Waals surface area contributed by atoms with Crippen molar-refractivity contribution in [3.05, 3.63) is 108 Å². The molecular formula is C47H57BrN2O4. The fourth-order valence-electron chi connectivity index (χ4n) is 9.01. The molecule has 0 aromatic heterocycles. The third kappa shape index (κ3) is 8.07. The smallest absolute Gasteiger partial charge is 0.326 e. The molecule has 0 spiro atoms. The predicted molar refractivity (Wildman–Crippen MR) is 219 cm³/mol. The summed E-state index contributed by atoms with van der Waals surface area (Å²) in [6.45, 7) is 12.2. The Morgan fingerprint density at radius 3 is 2.02 bits per heavy atom. The first-order valence-electron chi connectivity index (χ1n) is 19.8. The van der Waals surface area contributed by atoms with Gasteiger partial charge in [-0.1, -0.05) is 120 Å². The normalized spacial score (nSPS) is 17.0. The molecule has 1 atom stereocenters. The zero-order chi connectivity index (χ0) is 37.8. The molecule has 2 aliphatic rings. The molecule has 0 amide bonds. The maximum absolute atomic E-state index is 13.1. The molecule has 0 fully saturated rings. The molecule has 4 aromatic rings. The number of unbranched alkanes of at least 4 members (excludes halogenated alkanes) is 7. The van der Waals surface area contributed by atoms with Gasteiger partial charge in [0.1, 0.15) is 12.6 Å². The highest BCUT2D eigenvalue weighted by molar-refractivity contribution is 6.08.